The summed E-state index contributed by atoms with van der Waals surface area (Å²) in [6.45, 7) is 0. The lowest BCUT2D eigenvalue weighted by molar-refractivity contribution is -0.119. The Labute approximate surface area is 86.1 Å². The van der Waals surface area contributed by atoms with Crippen molar-refractivity contribution in [1.82, 2.24) is 5.32 Å². The number of amides is 1. The van der Waals surface area contributed by atoms with Crippen molar-refractivity contribution in [3.8, 4) is 0 Å². The Hall–Kier alpha value is -1.09. The van der Waals surface area contributed by atoms with Crippen molar-refractivity contribution < 1.29 is 9.18 Å². The monoisotopic (exact) mass is 213 g/mol. The van der Waals surface area contributed by atoms with Gasteiger partial charge < -0.3 is 5.32 Å². The molecule has 0 bridgehead atoms. The molecule has 1 fully saturated rings. The number of rotatable bonds is 1. The third-order valence-electron chi connectivity index (χ3n) is 2.35. The molecule has 0 saturated carbocycles. The Balaban J connectivity index is 2.32. The summed E-state index contributed by atoms with van der Waals surface area (Å²) < 4.78 is 13.1. The van der Waals surface area contributed by atoms with Crippen molar-refractivity contribution in [2.45, 2.75) is 18.9 Å². The van der Waals surface area contributed by atoms with E-state index >= 15 is 0 Å². The second-order valence-corrected chi connectivity index (χ2v) is 3.68. The zero-order valence-corrected chi connectivity index (χ0v) is 8.14. The standard InChI is InChI=1S/C10H9ClFNO/c11-10-6(2-1-3-7(10)12)8-4-5-9(14)13-8/h1-3,8H,4-5H2,(H,13,14)/t8-/m0/s1. The number of nitrogens with one attached hydrogen (secondary N) is 1. The van der Waals surface area contributed by atoms with Gasteiger partial charge in [0.25, 0.3) is 0 Å². The number of hydrogen-bond donors (Lipinski definition) is 1. The highest BCUT2D eigenvalue weighted by Crippen LogP contribution is 2.30. The van der Waals surface area contributed by atoms with Gasteiger partial charge in [0, 0.05) is 6.42 Å². The summed E-state index contributed by atoms with van der Waals surface area (Å²) in [5.41, 5.74) is 0.664. The van der Waals surface area contributed by atoms with E-state index in [1.54, 1.807) is 12.1 Å². The summed E-state index contributed by atoms with van der Waals surface area (Å²) in [6, 6.07) is 4.51. The summed E-state index contributed by atoms with van der Waals surface area (Å²) in [7, 11) is 0. The molecule has 4 heteroatoms. The van der Waals surface area contributed by atoms with Crippen LogP contribution in [0, 0.1) is 5.82 Å². The highest BCUT2D eigenvalue weighted by atomic mass is 35.5. The van der Waals surface area contributed by atoms with Gasteiger partial charge in [0.05, 0.1) is 11.1 Å². The van der Waals surface area contributed by atoms with Gasteiger partial charge in [0.15, 0.2) is 0 Å². The molecule has 1 atom stereocenters. The van der Waals surface area contributed by atoms with Crippen molar-refractivity contribution in [2.75, 3.05) is 0 Å². The summed E-state index contributed by atoms with van der Waals surface area (Å²) in [5, 5.41) is 2.86. The number of benzene rings is 1. The van der Waals surface area contributed by atoms with E-state index in [0.717, 1.165) is 0 Å². The lowest BCUT2D eigenvalue weighted by atomic mass is 10.1. The lowest BCUT2D eigenvalue weighted by Crippen LogP contribution is -2.18. The molecule has 1 aliphatic heterocycles. The molecule has 2 nitrogen and oxygen atoms in total. The van der Waals surface area contributed by atoms with Crippen LogP contribution in [0.25, 0.3) is 0 Å². The van der Waals surface area contributed by atoms with Crippen molar-refractivity contribution in [1.29, 1.82) is 0 Å². The lowest BCUT2D eigenvalue weighted by Gasteiger charge is -2.12. The summed E-state index contributed by atoms with van der Waals surface area (Å²) in [6.07, 6.45) is 1.17. The van der Waals surface area contributed by atoms with E-state index in [4.69, 9.17) is 11.6 Å². The summed E-state index contributed by atoms with van der Waals surface area (Å²) >= 11 is 5.79. The molecule has 0 aliphatic carbocycles. The average Bonchev–Trinajstić information content (AvgIpc) is 2.57. The van der Waals surface area contributed by atoms with Crippen molar-refractivity contribution in [3.05, 3.63) is 34.6 Å². The first-order valence-corrected chi connectivity index (χ1v) is 4.79. The van der Waals surface area contributed by atoms with Crippen molar-refractivity contribution in [3.63, 3.8) is 0 Å². The highest BCUT2D eigenvalue weighted by Gasteiger charge is 2.24. The molecular weight excluding hydrogens is 205 g/mol. The van der Waals surface area contributed by atoms with Gasteiger partial charge in [0.2, 0.25) is 5.91 Å². The molecule has 1 aliphatic rings. The Morgan fingerprint density at radius 1 is 1.50 bits per heavy atom. The fourth-order valence-electron chi connectivity index (χ4n) is 1.64. The van der Waals surface area contributed by atoms with Crippen molar-refractivity contribution >= 4 is 17.5 Å². The van der Waals surface area contributed by atoms with Crippen LogP contribution in [0.5, 0.6) is 0 Å². The molecule has 74 valence electrons. The molecule has 1 saturated heterocycles. The third kappa shape index (κ3) is 1.60. The quantitative estimate of drug-likeness (QED) is 0.763. The van der Waals surface area contributed by atoms with Gasteiger partial charge in [-0.05, 0) is 18.1 Å². The van der Waals surface area contributed by atoms with Crippen LogP contribution in [-0.2, 0) is 4.79 Å². The topological polar surface area (TPSA) is 29.1 Å². The molecule has 1 heterocycles. The van der Waals surface area contributed by atoms with Gasteiger partial charge in [-0.2, -0.15) is 0 Å². The maximum atomic E-state index is 13.1. The predicted octanol–water partition coefficient (Wildman–Crippen LogP) is 2.43. The largest absolute Gasteiger partial charge is 0.349 e. The minimum Gasteiger partial charge on any atom is -0.349 e. The number of carbonyl (C=O) groups is 1. The molecule has 1 aromatic carbocycles. The number of carbonyl (C=O) groups excluding carboxylic acids is 1. The zero-order valence-electron chi connectivity index (χ0n) is 7.39. The van der Waals surface area contributed by atoms with Crippen LogP contribution in [0.15, 0.2) is 18.2 Å². The first-order chi connectivity index (χ1) is 6.68. The number of hydrogen-bond acceptors (Lipinski definition) is 1. The van der Waals surface area contributed by atoms with Crippen LogP contribution in [-0.4, -0.2) is 5.91 Å². The van der Waals surface area contributed by atoms with Gasteiger partial charge in [-0.15, -0.1) is 0 Å². The van der Waals surface area contributed by atoms with Crippen LogP contribution in [0.1, 0.15) is 24.4 Å². The zero-order chi connectivity index (χ0) is 10.1. The van der Waals surface area contributed by atoms with E-state index < -0.39 is 5.82 Å². The van der Waals surface area contributed by atoms with Crippen LogP contribution in [0.2, 0.25) is 5.02 Å². The second-order valence-electron chi connectivity index (χ2n) is 3.30. The molecule has 1 N–H and O–H groups in total. The van der Waals surface area contributed by atoms with Crippen LogP contribution >= 0.6 is 11.6 Å². The van der Waals surface area contributed by atoms with E-state index in [1.807, 2.05) is 0 Å². The van der Waals surface area contributed by atoms with Gasteiger partial charge in [-0.1, -0.05) is 23.7 Å². The minimum absolute atomic E-state index is 0.00433. The average molecular weight is 214 g/mol. The molecule has 1 amide bonds. The van der Waals surface area contributed by atoms with Gasteiger partial charge in [-0.3, -0.25) is 4.79 Å². The molecule has 2 rings (SSSR count). The minimum atomic E-state index is -0.440. The molecular formula is C10H9ClFNO. The second kappa shape index (κ2) is 3.58. The fraction of sp³-hybridized carbons (Fsp3) is 0.300. The highest BCUT2D eigenvalue weighted by molar-refractivity contribution is 6.31. The smallest absolute Gasteiger partial charge is 0.220 e. The predicted molar refractivity (Wildman–Crippen MR) is 51.5 cm³/mol. The Morgan fingerprint density at radius 2 is 2.29 bits per heavy atom. The van der Waals surface area contributed by atoms with E-state index in [2.05, 4.69) is 5.32 Å². The molecule has 0 aromatic heterocycles. The van der Waals surface area contributed by atoms with Gasteiger partial charge in [-0.25, -0.2) is 4.39 Å². The molecule has 0 spiro atoms. The Morgan fingerprint density at radius 3 is 2.93 bits per heavy atom. The van der Waals surface area contributed by atoms with Gasteiger partial charge >= 0.3 is 0 Å². The molecule has 1 aromatic rings. The summed E-state index contributed by atoms with van der Waals surface area (Å²) in [5.74, 6) is -0.444. The Bertz CT molecular complexity index is 380. The van der Waals surface area contributed by atoms with E-state index in [0.29, 0.717) is 18.4 Å². The summed E-state index contributed by atoms with van der Waals surface area (Å²) in [4.78, 5) is 11.0. The van der Waals surface area contributed by atoms with E-state index in [1.165, 1.54) is 6.07 Å². The number of halogens is 2. The van der Waals surface area contributed by atoms with Gasteiger partial charge in [0.1, 0.15) is 5.82 Å². The van der Waals surface area contributed by atoms with E-state index in [-0.39, 0.29) is 17.0 Å². The van der Waals surface area contributed by atoms with Crippen molar-refractivity contribution in [2.24, 2.45) is 0 Å². The third-order valence-corrected chi connectivity index (χ3v) is 2.75. The molecule has 0 unspecified atom stereocenters. The van der Waals surface area contributed by atoms with E-state index in [9.17, 15) is 9.18 Å². The normalized spacial score (nSPS) is 21.0. The first-order valence-electron chi connectivity index (χ1n) is 4.42. The van der Waals surface area contributed by atoms with Crippen LogP contribution < -0.4 is 5.32 Å². The SMILES string of the molecule is O=C1CC[C@@H](c2cccc(F)c2Cl)N1. The molecule has 0 radical (unpaired) electrons. The van der Waals surface area contributed by atoms with Crippen LogP contribution in [0.4, 0.5) is 4.39 Å². The fourth-order valence-corrected chi connectivity index (χ4v) is 1.89. The molecule has 14 heavy (non-hydrogen) atoms. The Kier molecular flexibility index (Phi) is 2.42. The van der Waals surface area contributed by atoms with Crippen LogP contribution in [0.3, 0.4) is 0 Å². The maximum absolute atomic E-state index is 13.1. The maximum Gasteiger partial charge on any atom is 0.220 e. The first kappa shape index (κ1) is 9.46.